The molecule has 0 radical (unpaired) electrons. The molecule has 2 fully saturated rings. The summed E-state index contributed by atoms with van der Waals surface area (Å²) in [6.45, 7) is 2.02. The lowest BCUT2D eigenvalue weighted by molar-refractivity contribution is -0.143. The zero-order valence-electron chi connectivity index (χ0n) is 10.9. The van der Waals surface area contributed by atoms with Gasteiger partial charge in [0, 0.05) is 12.6 Å². The largest absolute Gasteiger partial charge is 0.481 e. The first-order valence-electron chi connectivity index (χ1n) is 6.59. The fraction of sp³-hybridized carbons (Fsp3) is 0.833. The summed E-state index contributed by atoms with van der Waals surface area (Å²) >= 11 is 0. The highest BCUT2D eigenvalue weighted by Gasteiger charge is 2.44. The molecule has 6 nitrogen and oxygen atoms in total. The molecule has 1 amide bonds. The van der Waals surface area contributed by atoms with Crippen LogP contribution in [0.5, 0.6) is 0 Å². The highest BCUT2D eigenvalue weighted by Crippen LogP contribution is 2.28. The van der Waals surface area contributed by atoms with Crippen LogP contribution in [0.1, 0.15) is 32.6 Å². The molecule has 0 bridgehead atoms. The SMILES string of the molecule is CC1C(C(=O)O)CCN1C(=O)C1CCCCS1(=O)=O. The summed E-state index contributed by atoms with van der Waals surface area (Å²) in [4.78, 5) is 24.8. The first-order chi connectivity index (χ1) is 8.84. The zero-order valence-corrected chi connectivity index (χ0v) is 11.7. The van der Waals surface area contributed by atoms with Crippen LogP contribution in [-0.4, -0.2) is 53.9 Å². The van der Waals surface area contributed by atoms with Crippen molar-refractivity contribution >= 4 is 21.7 Å². The molecule has 3 atom stereocenters. The smallest absolute Gasteiger partial charge is 0.308 e. The zero-order chi connectivity index (χ0) is 14.2. The molecule has 1 N–H and O–H groups in total. The molecule has 2 aliphatic heterocycles. The van der Waals surface area contributed by atoms with Crippen molar-refractivity contribution in [2.24, 2.45) is 5.92 Å². The van der Waals surface area contributed by atoms with Crippen molar-refractivity contribution in [2.75, 3.05) is 12.3 Å². The summed E-state index contributed by atoms with van der Waals surface area (Å²) in [6.07, 6.45) is 2.11. The second kappa shape index (κ2) is 5.11. The van der Waals surface area contributed by atoms with Gasteiger partial charge in [-0.25, -0.2) is 8.42 Å². The first kappa shape index (κ1) is 14.3. The highest BCUT2D eigenvalue weighted by atomic mass is 32.2. The molecule has 2 heterocycles. The summed E-state index contributed by atoms with van der Waals surface area (Å²) in [5, 5.41) is 8.08. The predicted molar refractivity (Wildman–Crippen MR) is 68.3 cm³/mol. The fourth-order valence-electron chi connectivity index (χ4n) is 3.00. The second-order valence-corrected chi connectivity index (χ2v) is 7.66. The van der Waals surface area contributed by atoms with Crippen LogP contribution in [0.25, 0.3) is 0 Å². The Hall–Kier alpha value is -1.11. The van der Waals surface area contributed by atoms with E-state index in [0.717, 1.165) is 6.42 Å². The lowest BCUT2D eigenvalue weighted by atomic mass is 10.0. The standard InChI is InChI=1S/C12H19NO5S/c1-8-9(12(15)16)5-6-13(8)11(14)10-4-2-3-7-19(10,17)18/h8-10H,2-7H2,1H3,(H,15,16). The molecule has 2 saturated heterocycles. The Labute approximate surface area is 112 Å². The first-order valence-corrected chi connectivity index (χ1v) is 8.31. The van der Waals surface area contributed by atoms with Crippen LogP contribution in [0.2, 0.25) is 0 Å². The van der Waals surface area contributed by atoms with Gasteiger partial charge in [0.05, 0.1) is 11.7 Å². The molecule has 19 heavy (non-hydrogen) atoms. The van der Waals surface area contributed by atoms with Crippen molar-refractivity contribution in [3.05, 3.63) is 0 Å². The van der Waals surface area contributed by atoms with Gasteiger partial charge in [0.15, 0.2) is 9.84 Å². The minimum atomic E-state index is -3.36. The van der Waals surface area contributed by atoms with Crippen LogP contribution >= 0.6 is 0 Å². The topological polar surface area (TPSA) is 91.8 Å². The van der Waals surface area contributed by atoms with Gasteiger partial charge in [-0.1, -0.05) is 6.42 Å². The second-order valence-electron chi connectivity index (χ2n) is 5.36. The van der Waals surface area contributed by atoms with E-state index in [0.29, 0.717) is 25.8 Å². The van der Waals surface area contributed by atoms with Crippen molar-refractivity contribution in [2.45, 2.75) is 43.9 Å². The Morgan fingerprint density at radius 3 is 2.42 bits per heavy atom. The molecule has 0 aromatic heterocycles. The van der Waals surface area contributed by atoms with Gasteiger partial charge in [-0.2, -0.15) is 0 Å². The third-order valence-electron chi connectivity index (χ3n) is 4.21. The number of carbonyl (C=O) groups is 2. The molecule has 2 rings (SSSR count). The van der Waals surface area contributed by atoms with Gasteiger partial charge in [0.1, 0.15) is 5.25 Å². The number of amides is 1. The minimum Gasteiger partial charge on any atom is -0.481 e. The van der Waals surface area contributed by atoms with Gasteiger partial charge in [-0.15, -0.1) is 0 Å². The van der Waals surface area contributed by atoms with E-state index in [1.807, 2.05) is 0 Å². The van der Waals surface area contributed by atoms with Gasteiger partial charge in [0.25, 0.3) is 0 Å². The third-order valence-corrected chi connectivity index (χ3v) is 6.37. The Kier molecular flexibility index (Phi) is 3.85. The molecule has 7 heteroatoms. The molecule has 0 spiro atoms. The fourth-order valence-corrected chi connectivity index (χ4v) is 4.86. The van der Waals surface area contributed by atoms with E-state index >= 15 is 0 Å². The maximum atomic E-state index is 12.3. The number of hydrogen-bond donors (Lipinski definition) is 1. The predicted octanol–water partition coefficient (Wildman–Crippen LogP) is 0.275. The van der Waals surface area contributed by atoms with E-state index in [-0.39, 0.29) is 5.75 Å². The Balaban J connectivity index is 2.14. The number of carbonyl (C=O) groups excluding carboxylic acids is 1. The quantitative estimate of drug-likeness (QED) is 0.788. The number of rotatable bonds is 2. The molecule has 0 aliphatic carbocycles. The Bertz CT molecular complexity index is 486. The van der Waals surface area contributed by atoms with Crippen molar-refractivity contribution in [1.82, 2.24) is 4.90 Å². The summed E-state index contributed by atoms with van der Waals surface area (Å²) < 4.78 is 23.9. The molecule has 3 unspecified atom stereocenters. The van der Waals surface area contributed by atoms with Crippen LogP contribution in [0.15, 0.2) is 0 Å². The van der Waals surface area contributed by atoms with Crippen molar-refractivity contribution in [3.63, 3.8) is 0 Å². The number of sulfone groups is 1. The number of aliphatic carboxylic acids is 1. The Morgan fingerprint density at radius 1 is 1.21 bits per heavy atom. The molecule has 0 aromatic carbocycles. The van der Waals surface area contributed by atoms with Crippen LogP contribution in [-0.2, 0) is 19.4 Å². The maximum absolute atomic E-state index is 12.3. The van der Waals surface area contributed by atoms with E-state index in [4.69, 9.17) is 5.11 Å². The molecular formula is C12H19NO5S. The summed E-state index contributed by atoms with van der Waals surface area (Å²) in [5.74, 6) is -1.85. The maximum Gasteiger partial charge on any atom is 0.308 e. The van der Waals surface area contributed by atoms with Gasteiger partial charge >= 0.3 is 5.97 Å². The van der Waals surface area contributed by atoms with E-state index in [1.54, 1.807) is 6.92 Å². The summed E-state index contributed by atoms with van der Waals surface area (Å²) in [5.41, 5.74) is 0. The highest BCUT2D eigenvalue weighted by molar-refractivity contribution is 7.92. The number of carboxylic acids is 1. The average molecular weight is 289 g/mol. The summed E-state index contributed by atoms with van der Waals surface area (Å²) in [7, 11) is -3.36. The van der Waals surface area contributed by atoms with Gasteiger partial charge in [-0.3, -0.25) is 9.59 Å². The van der Waals surface area contributed by atoms with E-state index in [9.17, 15) is 18.0 Å². The number of likely N-dealkylation sites (tertiary alicyclic amines) is 1. The molecule has 0 saturated carbocycles. The number of carboxylic acid groups (broad SMARTS) is 1. The van der Waals surface area contributed by atoms with Crippen LogP contribution in [0.4, 0.5) is 0 Å². The normalized spacial score (nSPS) is 34.2. The van der Waals surface area contributed by atoms with E-state index in [2.05, 4.69) is 0 Å². The van der Waals surface area contributed by atoms with E-state index < -0.39 is 38.9 Å². The molecular weight excluding hydrogens is 270 g/mol. The average Bonchev–Trinajstić information content (AvgIpc) is 2.70. The van der Waals surface area contributed by atoms with Crippen molar-refractivity contribution in [3.8, 4) is 0 Å². The van der Waals surface area contributed by atoms with Gasteiger partial charge in [-0.05, 0) is 26.2 Å². The lowest BCUT2D eigenvalue weighted by Gasteiger charge is -2.29. The monoisotopic (exact) mass is 289 g/mol. The van der Waals surface area contributed by atoms with Crippen LogP contribution in [0, 0.1) is 5.92 Å². The van der Waals surface area contributed by atoms with Crippen molar-refractivity contribution in [1.29, 1.82) is 0 Å². The molecule has 108 valence electrons. The Morgan fingerprint density at radius 2 is 1.89 bits per heavy atom. The van der Waals surface area contributed by atoms with Crippen LogP contribution < -0.4 is 0 Å². The van der Waals surface area contributed by atoms with Crippen molar-refractivity contribution < 1.29 is 23.1 Å². The molecule has 2 aliphatic rings. The third kappa shape index (κ3) is 2.61. The van der Waals surface area contributed by atoms with Gasteiger partial charge < -0.3 is 10.0 Å². The minimum absolute atomic E-state index is 0.0635. The van der Waals surface area contributed by atoms with Crippen LogP contribution in [0.3, 0.4) is 0 Å². The number of nitrogens with zero attached hydrogens (tertiary/aromatic N) is 1. The molecule has 0 aromatic rings. The van der Waals surface area contributed by atoms with E-state index in [1.165, 1.54) is 4.90 Å². The number of hydrogen-bond acceptors (Lipinski definition) is 4. The van der Waals surface area contributed by atoms with Gasteiger partial charge in [0.2, 0.25) is 5.91 Å². The lowest BCUT2D eigenvalue weighted by Crippen LogP contribution is -2.47. The summed E-state index contributed by atoms with van der Waals surface area (Å²) in [6, 6.07) is -0.429.